The van der Waals surface area contributed by atoms with Crippen molar-refractivity contribution in [3.8, 4) is 0 Å². The van der Waals surface area contributed by atoms with Gasteiger partial charge in [0.05, 0.1) is 16.4 Å². The largest absolute Gasteiger partial charge is 0.441 e. The van der Waals surface area contributed by atoms with Crippen LogP contribution in [0.25, 0.3) is 0 Å². The van der Waals surface area contributed by atoms with Crippen LogP contribution in [0.2, 0.25) is 0 Å². The van der Waals surface area contributed by atoms with Crippen LogP contribution in [0, 0.1) is 11.8 Å². The molecule has 31 heavy (non-hydrogen) atoms. The standard InChI is InChI=1S/C22H34BrNO7/c1-13(2)18-21(4,5)31-20(28)24(18)19(27)14(3)17-15(26)12-16(23)22(29,30-17)10-8-6-7-9-11-25/h12-14,17-18,25,29H,6-11H2,1-5H3/t14-,17-,18-,22+/m1/s1. The molecular weight excluding hydrogens is 470 g/mol. The zero-order valence-electron chi connectivity index (χ0n) is 18.9. The summed E-state index contributed by atoms with van der Waals surface area (Å²) < 4.78 is 11.4. The van der Waals surface area contributed by atoms with Gasteiger partial charge in [-0.25, -0.2) is 9.69 Å². The van der Waals surface area contributed by atoms with Crippen molar-refractivity contribution in [1.82, 2.24) is 4.90 Å². The third-order valence-corrected chi connectivity index (χ3v) is 6.77. The third-order valence-electron chi connectivity index (χ3n) is 5.92. The van der Waals surface area contributed by atoms with Gasteiger partial charge in [-0.15, -0.1) is 0 Å². The number of hydrogen-bond acceptors (Lipinski definition) is 7. The van der Waals surface area contributed by atoms with Crippen LogP contribution in [0.15, 0.2) is 10.6 Å². The third kappa shape index (κ3) is 5.56. The summed E-state index contributed by atoms with van der Waals surface area (Å²) in [6.45, 7) is 8.95. The Kier molecular flexibility index (Phi) is 8.46. The van der Waals surface area contributed by atoms with Crippen LogP contribution in [0.3, 0.4) is 0 Å². The lowest BCUT2D eigenvalue weighted by Gasteiger charge is -2.38. The van der Waals surface area contributed by atoms with Crippen molar-refractivity contribution in [2.24, 2.45) is 11.8 Å². The van der Waals surface area contributed by atoms with E-state index in [4.69, 9.17) is 14.6 Å². The molecule has 2 aliphatic heterocycles. The molecule has 0 spiro atoms. The van der Waals surface area contributed by atoms with E-state index < -0.39 is 47.2 Å². The second-order valence-corrected chi connectivity index (χ2v) is 10.1. The second-order valence-electron chi connectivity index (χ2n) is 9.26. The molecule has 2 aliphatic rings. The van der Waals surface area contributed by atoms with Crippen molar-refractivity contribution in [3.63, 3.8) is 0 Å². The first-order valence-electron chi connectivity index (χ1n) is 10.8. The Morgan fingerprint density at radius 2 is 1.81 bits per heavy atom. The maximum atomic E-state index is 13.3. The summed E-state index contributed by atoms with van der Waals surface area (Å²) in [6, 6.07) is -0.485. The van der Waals surface area contributed by atoms with Gasteiger partial charge in [-0.1, -0.05) is 33.6 Å². The molecule has 2 rings (SSSR count). The minimum Gasteiger partial charge on any atom is -0.441 e. The molecule has 2 amide bonds. The highest BCUT2D eigenvalue weighted by Gasteiger charge is 2.54. The normalized spacial score (nSPS) is 29.2. The van der Waals surface area contributed by atoms with Gasteiger partial charge < -0.3 is 19.7 Å². The Labute approximate surface area is 192 Å². The number of ketones is 1. The maximum absolute atomic E-state index is 13.3. The van der Waals surface area contributed by atoms with E-state index in [1.54, 1.807) is 13.8 Å². The van der Waals surface area contributed by atoms with E-state index in [9.17, 15) is 19.5 Å². The van der Waals surface area contributed by atoms with Crippen LogP contribution >= 0.6 is 15.9 Å². The number of aliphatic hydroxyl groups is 2. The molecule has 4 atom stereocenters. The van der Waals surface area contributed by atoms with Crippen molar-refractivity contribution in [2.45, 2.75) is 90.3 Å². The Bertz CT molecular complexity index is 735. The van der Waals surface area contributed by atoms with Gasteiger partial charge in [-0.2, -0.15) is 0 Å². The zero-order chi connectivity index (χ0) is 23.6. The van der Waals surface area contributed by atoms with Crippen LogP contribution in [0.1, 0.15) is 66.7 Å². The maximum Gasteiger partial charge on any atom is 0.417 e. The van der Waals surface area contributed by atoms with Crippen LogP contribution in [0.4, 0.5) is 4.79 Å². The van der Waals surface area contributed by atoms with Crippen molar-refractivity contribution in [1.29, 1.82) is 0 Å². The smallest absolute Gasteiger partial charge is 0.417 e. The first-order valence-corrected chi connectivity index (χ1v) is 11.6. The van der Waals surface area contributed by atoms with E-state index in [-0.39, 0.29) is 23.4 Å². The number of imide groups is 1. The van der Waals surface area contributed by atoms with E-state index in [0.29, 0.717) is 12.8 Å². The monoisotopic (exact) mass is 503 g/mol. The Balaban J connectivity index is 2.18. The zero-order valence-corrected chi connectivity index (χ0v) is 20.5. The highest BCUT2D eigenvalue weighted by Crippen LogP contribution is 2.39. The molecule has 176 valence electrons. The Hall–Kier alpha value is -1.29. The molecule has 9 heteroatoms. The summed E-state index contributed by atoms with van der Waals surface area (Å²) in [7, 11) is 0. The number of aliphatic hydroxyl groups excluding tert-OH is 1. The van der Waals surface area contributed by atoms with Gasteiger partial charge >= 0.3 is 6.09 Å². The van der Waals surface area contributed by atoms with Crippen molar-refractivity contribution >= 4 is 33.7 Å². The van der Waals surface area contributed by atoms with Gasteiger partial charge in [-0.3, -0.25) is 9.59 Å². The molecule has 8 nitrogen and oxygen atoms in total. The SMILES string of the molecule is CC(C)[C@H]1N(C(=O)[C@H](C)[C@H]2O[C@@](O)(CCCCCCO)C(Br)=CC2=O)C(=O)OC1(C)C. The number of nitrogens with zero attached hydrogens (tertiary/aromatic N) is 1. The molecular formula is C22H34BrNO7. The summed E-state index contributed by atoms with van der Waals surface area (Å²) >= 11 is 3.22. The highest BCUT2D eigenvalue weighted by atomic mass is 79.9. The first kappa shape index (κ1) is 26.0. The van der Waals surface area contributed by atoms with Gasteiger partial charge in [-0.05, 0) is 54.6 Å². The number of unbranched alkanes of at least 4 members (excludes halogenated alkanes) is 3. The summed E-state index contributed by atoms with van der Waals surface area (Å²) in [5.74, 6) is -3.79. The molecule has 2 N–H and O–H groups in total. The fourth-order valence-corrected chi connectivity index (χ4v) is 4.95. The minimum atomic E-state index is -1.73. The number of carbonyl (C=O) groups is 3. The fourth-order valence-electron chi connectivity index (χ4n) is 4.44. The number of hydrogen-bond donors (Lipinski definition) is 2. The number of cyclic esters (lactones) is 1. The summed E-state index contributed by atoms with van der Waals surface area (Å²) in [6.07, 6.45) is 2.41. The van der Waals surface area contributed by atoms with E-state index in [0.717, 1.165) is 17.7 Å². The van der Waals surface area contributed by atoms with Crippen LogP contribution in [0.5, 0.6) is 0 Å². The first-order chi connectivity index (χ1) is 14.4. The van der Waals surface area contributed by atoms with E-state index in [2.05, 4.69) is 15.9 Å². The molecule has 2 heterocycles. The van der Waals surface area contributed by atoms with Gasteiger partial charge in [0.2, 0.25) is 5.91 Å². The lowest BCUT2D eigenvalue weighted by atomic mass is 9.87. The molecule has 0 radical (unpaired) electrons. The van der Waals surface area contributed by atoms with Gasteiger partial charge in [0.1, 0.15) is 11.7 Å². The number of rotatable bonds is 9. The number of ether oxygens (including phenoxy) is 2. The quantitative estimate of drug-likeness (QED) is 0.464. The summed E-state index contributed by atoms with van der Waals surface area (Å²) in [5.41, 5.74) is -0.851. The molecule has 0 aromatic carbocycles. The average Bonchev–Trinajstić information content (AvgIpc) is 2.92. The molecule has 0 aliphatic carbocycles. The molecule has 1 fully saturated rings. The molecule has 0 unspecified atom stereocenters. The second kappa shape index (κ2) is 10.1. The predicted molar refractivity (Wildman–Crippen MR) is 117 cm³/mol. The lowest BCUT2D eigenvalue weighted by molar-refractivity contribution is -0.217. The Morgan fingerprint density at radius 1 is 1.19 bits per heavy atom. The molecule has 0 aromatic heterocycles. The predicted octanol–water partition coefficient (Wildman–Crippen LogP) is 3.28. The number of amides is 2. The molecule has 0 aromatic rings. The van der Waals surface area contributed by atoms with Crippen molar-refractivity contribution in [3.05, 3.63) is 10.6 Å². The van der Waals surface area contributed by atoms with Gasteiger partial charge in [0, 0.05) is 13.0 Å². The fraction of sp³-hybridized carbons (Fsp3) is 0.773. The van der Waals surface area contributed by atoms with Crippen molar-refractivity contribution < 1.29 is 34.1 Å². The van der Waals surface area contributed by atoms with E-state index >= 15 is 0 Å². The summed E-state index contributed by atoms with van der Waals surface area (Å²) in [4.78, 5) is 39.5. The highest BCUT2D eigenvalue weighted by molar-refractivity contribution is 9.11. The summed E-state index contributed by atoms with van der Waals surface area (Å²) in [5, 5.41) is 19.9. The Morgan fingerprint density at radius 3 is 2.39 bits per heavy atom. The molecule has 0 bridgehead atoms. The average molecular weight is 504 g/mol. The van der Waals surface area contributed by atoms with Crippen LogP contribution in [-0.2, 0) is 19.1 Å². The van der Waals surface area contributed by atoms with Crippen LogP contribution < -0.4 is 0 Å². The van der Waals surface area contributed by atoms with E-state index in [1.807, 2.05) is 13.8 Å². The van der Waals surface area contributed by atoms with Gasteiger partial charge in [0.25, 0.3) is 0 Å². The lowest BCUT2D eigenvalue weighted by Crippen LogP contribution is -2.54. The minimum absolute atomic E-state index is 0.0505. The van der Waals surface area contributed by atoms with Crippen LogP contribution in [-0.4, -0.2) is 63.0 Å². The van der Waals surface area contributed by atoms with Crippen molar-refractivity contribution in [2.75, 3.05) is 6.61 Å². The topological polar surface area (TPSA) is 113 Å². The van der Waals surface area contributed by atoms with Gasteiger partial charge in [0.15, 0.2) is 11.6 Å². The number of carbonyl (C=O) groups excluding carboxylic acids is 3. The van der Waals surface area contributed by atoms with E-state index in [1.165, 1.54) is 13.0 Å². The number of halogens is 1. The molecule has 0 saturated carbocycles. The molecule has 1 saturated heterocycles.